The molecular formula is C18H21ClN2O. The lowest BCUT2D eigenvalue weighted by atomic mass is 9.76. The Balaban J connectivity index is 2.22. The molecule has 2 aromatic rings. The van der Waals surface area contributed by atoms with Crippen molar-refractivity contribution in [3.63, 3.8) is 0 Å². The first-order chi connectivity index (χ1) is 10.5. The van der Waals surface area contributed by atoms with E-state index in [-0.39, 0.29) is 17.4 Å². The Morgan fingerprint density at radius 1 is 1.27 bits per heavy atom. The molecule has 0 aliphatic heterocycles. The van der Waals surface area contributed by atoms with Gasteiger partial charge in [0.15, 0.2) is 0 Å². The molecule has 1 aromatic carbocycles. The first-order valence-electron chi connectivity index (χ1n) is 7.42. The van der Waals surface area contributed by atoms with Crippen molar-refractivity contribution >= 4 is 17.5 Å². The van der Waals surface area contributed by atoms with E-state index in [1.807, 2.05) is 18.2 Å². The summed E-state index contributed by atoms with van der Waals surface area (Å²) in [6.45, 7) is 6.36. The molecule has 0 aliphatic carbocycles. The zero-order valence-electron chi connectivity index (χ0n) is 13.1. The number of hydrogen-bond donors (Lipinski definition) is 1. The molecule has 2 rings (SSSR count). The van der Waals surface area contributed by atoms with Gasteiger partial charge in [-0.2, -0.15) is 0 Å². The fraction of sp³-hybridized carbons (Fsp3) is 0.333. The van der Waals surface area contributed by atoms with E-state index in [9.17, 15) is 4.79 Å². The number of rotatable bonds is 5. The molecule has 0 radical (unpaired) electrons. The fourth-order valence-corrected chi connectivity index (χ4v) is 2.86. The molecule has 0 spiro atoms. The van der Waals surface area contributed by atoms with Crippen molar-refractivity contribution < 1.29 is 4.79 Å². The second-order valence-electron chi connectivity index (χ2n) is 5.88. The van der Waals surface area contributed by atoms with Crippen molar-refractivity contribution in [2.75, 3.05) is 0 Å². The zero-order chi connectivity index (χ0) is 16.2. The van der Waals surface area contributed by atoms with Crippen LogP contribution in [0.1, 0.15) is 43.1 Å². The maximum atomic E-state index is 12.5. The summed E-state index contributed by atoms with van der Waals surface area (Å²) in [6.07, 6.45) is 3.89. The van der Waals surface area contributed by atoms with E-state index in [4.69, 9.17) is 11.6 Å². The van der Waals surface area contributed by atoms with Gasteiger partial charge in [-0.1, -0.05) is 62.7 Å². The van der Waals surface area contributed by atoms with Crippen LogP contribution in [0, 0.1) is 0 Å². The van der Waals surface area contributed by atoms with Gasteiger partial charge in [0.25, 0.3) is 5.91 Å². The SMILES string of the molecule is CCC(NC(=O)c1ccncc1Cl)C(C)(C)c1ccccc1. The fourth-order valence-electron chi connectivity index (χ4n) is 2.66. The minimum Gasteiger partial charge on any atom is -0.348 e. The number of carbonyl (C=O) groups excluding carboxylic acids is 1. The Morgan fingerprint density at radius 3 is 2.55 bits per heavy atom. The Morgan fingerprint density at radius 2 is 1.95 bits per heavy atom. The van der Waals surface area contributed by atoms with E-state index in [1.165, 1.54) is 11.8 Å². The third-order valence-corrected chi connectivity index (χ3v) is 4.42. The average Bonchev–Trinajstić information content (AvgIpc) is 2.53. The highest BCUT2D eigenvalue weighted by atomic mass is 35.5. The Hall–Kier alpha value is -1.87. The van der Waals surface area contributed by atoms with E-state index in [2.05, 4.69) is 43.2 Å². The second-order valence-corrected chi connectivity index (χ2v) is 6.28. The largest absolute Gasteiger partial charge is 0.348 e. The second kappa shape index (κ2) is 6.93. The van der Waals surface area contributed by atoms with E-state index >= 15 is 0 Å². The normalized spacial score (nSPS) is 12.7. The highest BCUT2D eigenvalue weighted by molar-refractivity contribution is 6.33. The lowest BCUT2D eigenvalue weighted by Gasteiger charge is -2.35. The summed E-state index contributed by atoms with van der Waals surface area (Å²) in [5.41, 5.74) is 1.48. The standard InChI is InChI=1S/C18H21ClN2O/c1-4-16(18(2,3)13-8-6-5-7-9-13)21-17(22)14-10-11-20-12-15(14)19/h5-12,16H,4H2,1-3H3,(H,21,22). The smallest absolute Gasteiger partial charge is 0.253 e. The van der Waals surface area contributed by atoms with Crippen LogP contribution >= 0.6 is 11.6 Å². The molecule has 116 valence electrons. The summed E-state index contributed by atoms with van der Waals surface area (Å²) in [5.74, 6) is -0.164. The molecule has 1 N–H and O–H groups in total. The highest BCUT2D eigenvalue weighted by Gasteiger charge is 2.31. The average molecular weight is 317 g/mol. The Kier molecular flexibility index (Phi) is 5.19. The van der Waals surface area contributed by atoms with Crippen LogP contribution in [-0.2, 0) is 5.41 Å². The van der Waals surface area contributed by atoms with Crippen LogP contribution in [0.2, 0.25) is 5.02 Å². The van der Waals surface area contributed by atoms with Gasteiger partial charge in [-0.05, 0) is 18.1 Å². The number of nitrogens with zero attached hydrogens (tertiary/aromatic N) is 1. The lowest BCUT2D eigenvalue weighted by molar-refractivity contribution is 0.0916. The molecular weight excluding hydrogens is 296 g/mol. The minimum absolute atomic E-state index is 0.00614. The number of amides is 1. The van der Waals surface area contributed by atoms with Crippen molar-refractivity contribution in [2.24, 2.45) is 0 Å². The molecule has 0 aliphatic rings. The maximum absolute atomic E-state index is 12.5. The number of benzene rings is 1. The number of pyridine rings is 1. The summed E-state index contributed by atoms with van der Waals surface area (Å²) in [6, 6.07) is 11.9. The summed E-state index contributed by atoms with van der Waals surface area (Å²) in [4.78, 5) is 16.4. The van der Waals surface area contributed by atoms with Gasteiger partial charge in [-0.25, -0.2) is 0 Å². The monoisotopic (exact) mass is 316 g/mol. The van der Waals surface area contributed by atoms with E-state index in [0.29, 0.717) is 10.6 Å². The molecule has 22 heavy (non-hydrogen) atoms. The summed E-state index contributed by atoms with van der Waals surface area (Å²) in [5, 5.41) is 3.48. The van der Waals surface area contributed by atoms with Crippen molar-refractivity contribution in [3.05, 3.63) is 64.9 Å². The number of hydrogen-bond acceptors (Lipinski definition) is 2. The molecule has 1 heterocycles. The van der Waals surface area contributed by atoms with Crippen LogP contribution in [0.4, 0.5) is 0 Å². The maximum Gasteiger partial charge on any atom is 0.253 e. The first kappa shape index (κ1) is 16.5. The van der Waals surface area contributed by atoms with Crippen LogP contribution in [0.3, 0.4) is 0 Å². The summed E-state index contributed by atoms with van der Waals surface area (Å²) >= 11 is 6.05. The van der Waals surface area contributed by atoms with Gasteiger partial charge >= 0.3 is 0 Å². The van der Waals surface area contributed by atoms with Gasteiger partial charge in [0.2, 0.25) is 0 Å². The molecule has 1 aromatic heterocycles. The van der Waals surface area contributed by atoms with E-state index < -0.39 is 0 Å². The van der Waals surface area contributed by atoms with Crippen LogP contribution in [0.15, 0.2) is 48.8 Å². The molecule has 0 saturated carbocycles. The number of nitrogens with one attached hydrogen (secondary N) is 1. The van der Waals surface area contributed by atoms with Crippen LogP contribution in [0.25, 0.3) is 0 Å². The van der Waals surface area contributed by atoms with Gasteiger partial charge < -0.3 is 5.32 Å². The molecule has 0 saturated heterocycles. The van der Waals surface area contributed by atoms with Gasteiger partial charge in [0, 0.05) is 23.9 Å². The predicted octanol–water partition coefficient (Wildman–Crippen LogP) is 4.22. The van der Waals surface area contributed by atoms with Crippen molar-refractivity contribution in [1.29, 1.82) is 0 Å². The molecule has 0 bridgehead atoms. The van der Waals surface area contributed by atoms with Crippen molar-refractivity contribution in [1.82, 2.24) is 10.3 Å². The minimum atomic E-state index is -0.175. The lowest BCUT2D eigenvalue weighted by Crippen LogP contribution is -2.47. The summed E-state index contributed by atoms with van der Waals surface area (Å²) in [7, 11) is 0. The molecule has 1 amide bonds. The topological polar surface area (TPSA) is 42.0 Å². The number of halogens is 1. The van der Waals surface area contributed by atoms with Gasteiger partial charge in [-0.15, -0.1) is 0 Å². The molecule has 3 nitrogen and oxygen atoms in total. The first-order valence-corrected chi connectivity index (χ1v) is 7.80. The Bertz CT molecular complexity index is 641. The third kappa shape index (κ3) is 3.47. The predicted molar refractivity (Wildman–Crippen MR) is 90.3 cm³/mol. The van der Waals surface area contributed by atoms with E-state index in [0.717, 1.165) is 6.42 Å². The molecule has 4 heteroatoms. The third-order valence-electron chi connectivity index (χ3n) is 4.12. The van der Waals surface area contributed by atoms with Crippen LogP contribution in [0.5, 0.6) is 0 Å². The Labute approximate surface area is 136 Å². The zero-order valence-corrected chi connectivity index (χ0v) is 13.9. The molecule has 1 unspecified atom stereocenters. The molecule has 0 fully saturated rings. The quantitative estimate of drug-likeness (QED) is 0.897. The van der Waals surface area contributed by atoms with Crippen molar-refractivity contribution in [3.8, 4) is 0 Å². The number of carbonyl (C=O) groups is 1. The highest BCUT2D eigenvalue weighted by Crippen LogP contribution is 2.29. The van der Waals surface area contributed by atoms with Crippen LogP contribution < -0.4 is 5.32 Å². The van der Waals surface area contributed by atoms with E-state index in [1.54, 1.807) is 12.3 Å². The van der Waals surface area contributed by atoms with Gasteiger partial charge in [0.1, 0.15) is 0 Å². The van der Waals surface area contributed by atoms with Crippen LogP contribution in [-0.4, -0.2) is 16.9 Å². The molecule has 1 atom stereocenters. The van der Waals surface area contributed by atoms with Gasteiger partial charge in [-0.3, -0.25) is 9.78 Å². The van der Waals surface area contributed by atoms with Gasteiger partial charge in [0.05, 0.1) is 10.6 Å². The number of aromatic nitrogens is 1. The summed E-state index contributed by atoms with van der Waals surface area (Å²) < 4.78 is 0. The van der Waals surface area contributed by atoms with Crippen molar-refractivity contribution in [2.45, 2.75) is 38.6 Å².